The summed E-state index contributed by atoms with van der Waals surface area (Å²) in [5, 5.41) is 11.8. The Morgan fingerprint density at radius 3 is 2.81 bits per heavy atom. The van der Waals surface area contributed by atoms with Gasteiger partial charge >= 0.3 is 0 Å². The SMILES string of the molecule is CCN(CCCO)c1cc(NC)nc(N)n1. The molecule has 0 saturated heterocycles. The van der Waals surface area contributed by atoms with E-state index in [4.69, 9.17) is 10.8 Å². The molecular formula is C10H19N5O. The maximum atomic E-state index is 8.82. The average molecular weight is 225 g/mol. The van der Waals surface area contributed by atoms with Gasteiger partial charge in [-0.3, -0.25) is 0 Å². The molecule has 6 nitrogen and oxygen atoms in total. The first kappa shape index (κ1) is 12.5. The zero-order valence-electron chi connectivity index (χ0n) is 9.77. The van der Waals surface area contributed by atoms with Crippen LogP contribution in [0.3, 0.4) is 0 Å². The molecule has 1 aromatic heterocycles. The second-order valence-electron chi connectivity index (χ2n) is 3.38. The summed E-state index contributed by atoms with van der Waals surface area (Å²) in [5.74, 6) is 1.74. The van der Waals surface area contributed by atoms with Crippen LogP contribution in [0.4, 0.5) is 17.6 Å². The average Bonchev–Trinajstić information content (AvgIpc) is 2.29. The molecule has 90 valence electrons. The van der Waals surface area contributed by atoms with Gasteiger partial charge in [0, 0.05) is 32.8 Å². The van der Waals surface area contributed by atoms with Gasteiger partial charge in [0.2, 0.25) is 5.95 Å². The predicted octanol–water partition coefficient (Wildman–Crippen LogP) is 0.309. The van der Waals surface area contributed by atoms with Gasteiger partial charge in [0.1, 0.15) is 11.6 Å². The van der Waals surface area contributed by atoms with Crippen LogP contribution >= 0.6 is 0 Å². The van der Waals surface area contributed by atoms with Crippen LogP contribution < -0.4 is 16.0 Å². The molecule has 0 unspecified atom stereocenters. The van der Waals surface area contributed by atoms with Crippen LogP contribution in [-0.2, 0) is 0 Å². The van der Waals surface area contributed by atoms with Crippen LogP contribution in [0.2, 0.25) is 0 Å². The smallest absolute Gasteiger partial charge is 0.223 e. The highest BCUT2D eigenvalue weighted by Crippen LogP contribution is 2.16. The molecule has 0 fully saturated rings. The number of anilines is 3. The number of hydrogen-bond acceptors (Lipinski definition) is 6. The molecule has 0 radical (unpaired) electrons. The molecule has 0 bridgehead atoms. The summed E-state index contributed by atoms with van der Waals surface area (Å²) in [7, 11) is 1.79. The van der Waals surface area contributed by atoms with E-state index in [0.717, 1.165) is 18.9 Å². The van der Waals surface area contributed by atoms with E-state index in [0.29, 0.717) is 12.2 Å². The molecule has 0 saturated carbocycles. The molecule has 0 aliphatic heterocycles. The summed E-state index contributed by atoms with van der Waals surface area (Å²) >= 11 is 0. The summed E-state index contributed by atoms with van der Waals surface area (Å²) in [5.41, 5.74) is 5.62. The number of nitrogens with zero attached hydrogens (tertiary/aromatic N) is 3. The highest BCUT2D eigenvalue weighted by Gasteiger charge is 2.08. The lowest BCUT2D eigenvalue weighted by Crippen LogP contribution is -2.26. The molecule has 0 amide bonds. The van der Waals surface area contributed by atoms with Crippen molar-refractivity contribution in [1.29, 1.82) is 0 Å². The third-order valence-electron chi connectivity index (χ3n) is 2.28. The van der Waals surface area contributed by atoms with Crippen molar-refractivity contribution in [2.45, 2.75) is 13.3 Å². The normalized spacial score (nSPS) is 10.2. The lowest BCUT2D eigenvalue weighted by molar-refractivity contribution is 0.289. The molecule has 16 heavy (non-hydrogen) atoms. The standard InChI is InChI=1S/C10H19N5O/c1-3-15(5-4-6-16)9-7-8(12-2)13-10(11)14-9/h7,16H,3-6H2,1-2H3,(H3,11,12,13,14). The number of aromatic nitrogens is 2. The Kier molecular flexibility index (Phi) is 4.78. The molecule has 4 N–H and O–H groups in total. The number of nitrogens with two attached hydrogens (primary N) is 1. The van der Waals surface area contributed by atoms with Gasteiger partial charge in [0.05, 0.1) is 0 Å². The van der Waals surface area contributed by atoms with Gasteiger partial charge in [-0.05, 0) is 13.3 Å². The van der Waals surface area contributed by atoms with E-state index < -0.39 is 0 Å². The summed E-state index contributed by atoms with van der Waals surface area (Å²) in [6.45, 7) is 3.79. The lowest BCUT2D eigenvalue weighted by Gasteiger charge is -2.22. The molecule has 1 aromatic rings. The van der Waals surface area contributed by atoms with E-state index in [2.05, 4.69) is 20.2 Å². The summed E-state index contributed by atoms with van der Waals surface area (Å²) < 4.78 is 0. The Balaban J connectivity index is 2.86. The van der Waals surface area contributed by atoms with Crippen molar-refractivity contribution in [3.63, 3.8) is 0 Å². The fraction of sp³-hybridized carbons (Fsp3) is 0.600. The first-order valence-corrected chi connectivity index (χ1v) is 5.39. The Morgan fingerprint density at radius 2 is 2.25 bits per heavy atom. The van der Waals surface area contributed by atoms with E-state index in [1.165, 1.54) is 0 Å². The van der Waals surface area contributed by atoms with Crippen LogP contribution in [-0.4, -0.2) is 41.8 Å². The first-order valence-electron chi connectivity index (χ1n) is 5.39. The highest BCUT2D eigenvalue weighted by atomic mass is 16.3. The third kappa shape index (κ3) is 3.23. The Morgan fingerprint density at radius 1 is 1.50 bits per heavy atom. The van der Waals surface area contributed by atoms with E-state index in [1.807, 2.05) is 13.0 Å². The van der Waals surface area contributed by atoms with Gasteiger partial charge in [-0.15, -0.1) is 0 Å². The van der Waals surface area contributed by atoms with Crippen LogP contribution in [0.5, 0.6) is 0 Å². The van der Waals surface area contributed by atoms with Crippen molar-refractivity contribution < 1.29 is 5.11 Å². The van der Waals surface area contributed by atoms with Crippen LogP contribution in [0.1, 0.15) is 13.3 Å². The number of aliphatic hydroxyl groups is 1. The van der Waals surface area contributed by atoms with E-state index in [1.54, 1.807) is 7.05 Å². The van der Waals surface area contributed by atoms with Gasteiger partial charge in [-0.25, -0.2) is 0 Å². The number of nitrogen functional groups attached to an aromatic ring is 1. The fourth-order valence-corrected chi connectivity index (χ4v) is 1.44. The largest absolute Gasteiger partial charge is 0.396 e. The van der Waals surface area contributed by atoms with Crippen molar-refractivity contribution >= 4 is 17.6 Å². The first-order chi connectivity index (χ1) is 7.71. The minimum atomic E-state index is 0.177. The van der Waals surface area contributed by atoms with Gasteiger partial charge in [-0.2, -0.15) is 9.97 Å². The summed E-state index contributed by atoms with van der Waals surface area (Å²) in [6.07, 6.45) is 0.715. The molecule has 1 rings (SSSR count). The second-order valence-corrected chi connectivity index (χ2v) is 3.38. The molecular weight excluding hydrogens is 206 g/mol. The van der Waals surface area contributed by atoms with E-state index in [9.17, 15) is 0 Å². The molecule has 1 heterocycles. The van der Waals surface area contributed by atoms with Crippen LogP contribution in [0.15, 0.2) is 6.07 Å². The minimum absolute atomic E-state index is 0.177. The fourth-order valence-electron chi connectivity index (χ4n) is 1.44. The zero-order valence-corrected chi connectivity index (χ0v) is 9.77. The minimum Gasteiger partial charge on any atom is -0.396 e. The van der Waals surface area contributed by atoms with Crippen molar-refractivity contribution in [2.24, 2.45) is 0 Å². The molecule has 0 aromatic carbocycles. The number of aliphatic hydroxyl groups excluding tert-OH is 1. The van der Waals surface area contributed by atoms with Crippen molar-refractivity contribution in [3.05, 3.63) is 6.07 Å². The zero-order chi connectivity index (χ0) is 12.0. The van der Waals surface area contributed by atoms with Crippen LogP contribution in [0, 0.1) is 0 Å². The number of rotatable bonds is 6. The Labute approximate surface area is 95.5 Å². The monoisotopic (exact) mass is 225 g/mol. The second kappa shape index (κ2) is 6.12. The molecule has 6 heteroatoms. The van der Waals surface area contributed by atoms with Gasteiger partial charge in [0.15, 0.2) is 0 Å². The highest BCUT2D eigenvalue weighted by molar-refractivity contribution is 5.52. The maximum absolute atomic E-state index is 8.82. The molecule has 0 spiro atoms. The van der Waals surface area contributed by atoms with Crippen LogP contribution in [0.25, 0.3) is 0 Å². The van der Waals surface area contributed by atoms with E-state index >= 15 is 0 Å². The van der Waals surface area contributed by atoms with E-state index in [-0.39, 0.29) is 12.6 Å². The van der Waals surface area contributed by atoms with Gasteiger partial charge in [0.25, 0.3) is 0 Å². The topological polar surface area (TPSA) is 87.3 Å². The quantitative estimate of drug-likeness (QED) is 0.646. The molecule has 0 atom stereocenters. The number of hydrogen-bond donors (Lipinski definition) is 3. The van der Waals surface area contributed by atoms with Crippen molar-refractivity contribution in [3.8, 4) is 0 Å². The Bertz CT molecular complexity index is 331. The number of nitrogens with one attached hydrogen (secondary N) is 1. The summed E-state index contributed by atoms with van der Waals surface area (Å²) in [4.78, 5) is 10.3. The molecule has 0 aliphatic rings. The lowest BCUT2D eigenvalue weighted by atomic mass is 10.3. The van der Waals surface area contributed by atoms with Crippen molar-refractivity contribution in [2.75, 3.05) is 42.7 Å². The Hall–Kier alpha value is -1.56. The molecule has 0 aliphatic carbocycles. The predicted molar refractivity (Wildman–Crippen MR) is 65.6 cm³/mol. The van der Waals surface area contributed by atoms with Crippen molar-refractivity contribution in [1.82, 2.24) is 9.97 Å². The van der Waals surface area contributed by atoms with Gasteiger partial charge in [-0.1, -0.05) is 0 Å². The summed E-state index contributed by atoms with van der Waals surface area (Å²) in [6, 6.07) is 1.84. The third-order valence-corrected chi connectivity index (χ3v) is 2.28. The maximum Gasteiger partial charge on any atom is 0.223 e. The van der Waals surface area contributed by atoms with Gasteiger partial charge < -0.3 is 21.1 Å².